The maximum atomic E-state index is 12.4. The number of ether oxygens (including phenoxy) is 3. The number of carbonyl (C=O) groups is 2. The lowest BCUT2D eigenvalue weighted by atomic mass is 10.1. The van der Waals surface area contributed by atoms with Gasteiger partial charge in [-0.3, -0.25) is 4.79 Å². The zero-order valence-electron chi connectivity index (χ0n) is 16.7. The quantitative estimate of drug-likeness (QED) is 0.331. The van der Waals surface area contributed by atoms with E-state index in [1.54, 1.807) is 24.3 Å². The van der Waals surface area contributed by atoms with E-state index in [-0.39, 0.29) is 12.4 Å². The van der Waals surface area contributed by atoms with Crippen LogP contribution in [0.15, 0.2) is 54.7 Å². The summed E-state index contributed by atoms with van der Waals surface area (Å²) in [5.74, 6) is 0.166. The van der Waals surface area contributed by atoms with Gasteiger partial charge >= 0.3 is 5.97 Å². The van der Waals surface area contributed by atoms with Gasteiger partial charge in [-0.25, -0.2) is 4.79 Å². The molecule has 3 aromatic rings. The minimum Gasteiger partial charge on any atom is -0.486 e. The van der Waals surface area contributed by atoms with E-state index in [9.17, 15) is 9.59 Å². The molecule has 0 radical (unpaired) electrons. The van der Waals surface area contributed by atoms with Crippen molar-refractivity contribution in [3.05, 3.63) is 65.9 Å². The highest BCUT2D eigenvalue weighted by Crippen LogP contribution is 2.30. The molecule has 0 fully saturated rings. The molecule has 0 spiro atoms. The first-order chi connectivity index (χ1) is 15.2. The van der Waals surface area contributed by atoms with Crippen LogP contribution in [0, 0.1) is 11.3 Å². The van der Waals surface area contributed by atoms with Crippen molar-refractivity contribution in [2.24, 2.45) is 0 Å². The van der Waals surface area contributed by atoms with Gasteiger partial charge in [0.2, 0.25) is 0 Å². The number of nitriles is 1. The van der Waals surface area contributed by atoms with Crippen LogP contribution in [0.4, 0.5) is 0 Å². The smallest absolute Gasteiger partial charge is 0.331 e. The van der Waals surface area contributed by atoms with E-state index < -0.39 is 5.97 Å². The molecule has 2 aromatic carbocycles. The molecule has 0 aliphatic carbocycles. The van der Waals surface area contributed by atoms with Crippen molar-refractivity contribution in [3.63, 3.8) is 0 Å². The van der Waals surface area contributed by atoms with E-state index in [4.69, 9.17) is 19.5 Å². The van der Waals surface area contributed by atoms with E-state index in [0.717, 1.165) is 16.5 Å². The number of fused-ring (bicyclic) bond motifs is 2. The van der Waals surface area contributed by atoms with Crippen LogP contribution in [0.2, 0.25) is 0 Å². The molecule has 0 amide bonds. The van der Waals surface area contributed by atoms with Crippen molar-refractivity contribution >= 4 is 28.7 Å². The lowest BCUT2D eigenvalue weighted by Crippen LogP contribution is -2.17. The molecule has 0 saturated heterocycles. The number of Topliss-reactive ketones (excluding diaryl/α,β-unsaturated/α-hetero) is 1. The number of ketones is 1. The third-order valence-electron chi connectivity index (χ3n) is 4.89. The van der Waals surface area contributed by atoms with Gasteiger partial charge in [0.15, 0.2) is 23.9 Å². The predicted octanol–water partition coefficient (Wildman–Crippen LogP) is 3.77. The van der Waals surface area contributed by atoms with E-state index in [0.29, 0.717) is 43.2 Å². The Bertz CT molecular complexity index is 1200. The summed E-state index contributed by atoms with van der Waals surface area (Å²) in [4.78, 5) is 24.5. The highest BCUT2D eigenvalue weighted by Gasteiger charge is 2.16. The Morgan fingerprint density at radius 3 is 2.77 bits per heavy atom. The van der Waals surface area contributed by atoms with Gasteiger partial charge in [0, 0.05) is 40.8 Å². The number of aromatic nitrogens is 1. The number of benzene rings is 2. The first-order valence-corrected chi connectivity index (χ1v) is 9.88. The topological polar surface area (TPSA) is 90.6 Å². The monoisotopic (exact) mass is 416 g/mol. The Labute approximate surface area is 179 Å². The summed E-state index contributed by atoms with van der Waals surface area (Å²) in [6.07, 6.45) is 5.24. The molecule has 7 nitrogen and oxygen atoms in total. The first-order valence-electron chi connectivity index (χ1n) is 9.88. The summed E-state index contributed by atoms with van der Waals surface area (Å²) in [7, 11) is 0. The standard InChI is InChI=1S/C24H20N2O5/c25-10-3-11-26-15-18(19-4-1-2-5-20(19)26)7-9-24(28)31-16-21(27)17-6-8-22-23(14-17)30-13-12-29-22/h1-2,4-9,14-15H,3,11-13,16H2/b9-7+. The second kappa shape index (κ2) is 9.18. The van der Waals surface area contributed by atoms with Gasteiger partial charge in [-0.1, -0.05) is 18.2 Å². The van der Waals surface area contributed by atoms with Gasteiger partial charge in [0.05, 0.1) is 12.5 Å². The van der Waals surface area contributed by atoms with Crippen molar-refractivity contribution in [1.82, 2.24) is 4.57 Å². The summed E-state index contributed by atoms with van der Waals surface area (Å²) in [5.41, 5.74) is 2.21. The van der Waals surface area contributed by atoms with Crippen LogP contribution in [-0.4, -0.2) is 36.1 Å². The number of rotatable bonds is 7. The van der Waals surface area contributed by atoms with E-state index >= 15 is 0 Å². The number of esters is 1. The van der Waals surface area contributed by atoms with Gasteiger partial charge < -0.3 is 18.8 Å². The van der Waals surface area contributed by atoms with E-state index in [1.165, 1.54) is 6.08 Å². The minimum absolute atomic E-state index is 0.327. The molecule has 0 N–H and O–H groups in total. The Kier molecular flexibility index (Phi) is 5.99. The first kappa shape index (κ1) is 20.2. The number of carbonyl (C=O) groups excluding carboxylic acids is 2. The summed E-state index contributed by atoms with van der Waals surface area (Å²) in [6.45, 7) is 1.10. The normalized spacial score (nSPS) is 12.6. The molecule has 1 aliphatic heterocycles. The number of aryl methyl sites for hydroxylation is 1. The molecule has 1 aliphatic rings. The molecule has 7 heteroatoms. The highest BCUT2D eigenvalue weighted by atomic mass is 16.6. The molecular weight excluding hydrogens is 396 g/mol. The Balaban J connectivity index is 1.40. The van der Waals surface area contributed by atoms with Crippen LogP contribution in [0.5, 0.6) is 11.5 Å². The Hall–Kier alpha value is -4.05. The molecule has 1 aromatic heterocycles. The fourth-order valence-corrected chi connectivity index (χ4v) is 3.41. The summed E-state index contributed by atoms with van der Waals surface area (Å²) >= 11 is 0. The lowest BCUT2D eigenvalue weighted by molar-refractivity contribution is -0.136. The van der Waals surface area contributed by atoms with Crippen LogP contribution >= 0.6 is 0 Å². The molecule has 2 heterocycles. The van der Waals surface area contributed by atoms with Crippen LogP contribution < -0.4 is 9.47 Å². The molecule has 4 rings (SSSR count). The third kappa shape index (κ3) is 4.59. The average molecular weight is 416 g/mol. The van der Waals surface area contributed by atoms with Gasteiger partial charge in [-0.05, 0) is 30.3 Å². The maximum Gasteiger partial charge on any atom is 0.331 e. The van der Waals surface area contributed by atoms with E-state index in [2.05, 4.69) is 6.07 Å². The predicted molar refractivity (Wildman–Crippen MR) is 114 cm³/mol. The molecule has 0 bridgehead atoms. The van der Waals surface area contributed by atoms with Crippen molar-refractivity contribution in [2.45, 2.75) is 13.0 Å². The van der Waals surface area contributed by atoms with Crippen LogP contribution in [0.1, 0.15) is 22.3 Å². The molecule has 0 saturated carbocycles. The Morgan fingerprint density at radius 2 is 1.94 bits per heavy atom. The maximum absolute atomic E-state index is 12.4. The van der Waals surface area contributed by atoms with Crippen molar-refractivity contribution in [3.8, 4) is 17.6 Å². The second-order valence-electron chi connectivity index (χ2n) is 6.93. The number of hydrogen-bond donors (Lipinski definition) is 0. The fourth-order valence-electron chi connectivity index (χ4n) is 3.41. The summed E-state index contributed by atoms with van der Waals surface area (Å²) in [6, 6.07) is 14.8. The molecule has 31 heavy (non-hydrogen) atoms. The van der Waals surface area contributed by atoms with Crippen molar-refractivity contribution < 1.29 is 23.8 Å². The lowest BCUT2D eigenvalue weighted by Gasteiger charge is -2.18. The summed E-state index contributed by atoms with van der Waals surface area (Å²) < 4.78 is 18.0. The molecular formula is C24H20N2O5. The zero-order chi connectivity index (χ0) is 21.6. The summed E-state index contributed by atoms with van der Waals surface area (Å²) in [5, 5.41) is 9.82. The molecule has 0 atom stereocenters. The van der Waals surface area contributed by atoms with Crippen LogP contribution in [0.3, 0.4) is 0 Å². The number of para-hydroxylation sites is 1. The molecule has 0 unspecified atom stereocenters. The SMILES string of the molecule is N#CCCn1cc(/C=C/C(=O)OCC(=O)c2ccc3c(c2)OCCO3)c2ccccc21. The number of nitrogens with zero attached hydrogens (tertiary/aromatic N) is 2. The minimum atomic E-state index is -0.611. The van der Waals surface area contributed by atoms with Gasteiger partial charge in [-0.15, -0.1) is 0 Å². The van der Waals surface area contributed by atoms with Gasteiger partial charge in [-0.2, -0.15) is 5.26 Å². The third-order valence-corrected chi connectivity index (χ3v) is 4.89. The van der Waals surface area contributed by atoms with Crippen molar-refractivity contribution in [2.75, 3.05) is 19.8 Å². The van der Waals surface area contributed by atoms with Crippen LogP contribution in [0.25, 0.3) is 17.0 Å². The largest absolute Gasteiger partial charge is 0.486 e. The Morgan fingerprint density at radius 1 is 1.13 bits per heavy atom. The fraction of sp³-hybridized carbons (Fsp3) is 0.208. The van der Waals surface area contributed by atoms with Crippen LogP contribution in [-0.2, 0) is 16.1 Å². The zero-order valence-corrected chi connectivity index (χ0v) is 16.7. The average Bonchev–Trinajstić information content (AvgIpc) is 3.17. The number of hydrogen-bond acceptors (Lipinski definition) is 6. The second-order valence-corrected chi connectivity index (χ2v) is 6.93. The van der Waals surface area contributed by atoms with Crippen molar-refractivity contribution in [1.29, 1.82) is 5.26 Å². The van der Waals surface area contributed by atoms with Gasteiger partial charge in [0.25, 0.3) is 0 Å². The van der Waals surface area contributed by atoms with Gasteiger partial charge in [0.1, 0.15) is 13.2 Å². The highest BCUT2D eigenvalue weighted by molar-refractivity contribution is 6.00. The molecule has 156 valence electrons. The van der Waals surface area contributed by atoms with E-state index in [1.807, 2.05) is 35.0 Å².